The number of hydrogen-bond donors (Lipinski definition) is 3. The second-order valence-electron chi connectivity index (χ2n) is 7.13. The van der Waals surface area contributed by atoms with Crippen molar-refractivity contribution < 1.29 is 19.1 Å². The number of fused-ring (bicyclic) bond motifs is 1. The highest BCUT2D eigenvalue weighted by molar-refractivity contribution is 6.01. The molecule has 0 saturated carbocycles. The van der Waals surface area contributed by atoms with E-state index in [-0.39, 0.29) is 5.56 Å². The first-order chi connectivity index (χ1) is 15.4. The van der Waals surface area contributed by atoms with Gasteiger partial charge < -0.3 is 20.8 Å². The van der Waals surface area contributed by atoms with E-state index in [1.165, 1.54) is 19.1 Å². The number of nitrogens with one attached hydrogen (secondary N) is 2. The largest absolute Gasteiger partial charge is 0.449 e. The van der Waals surface area contributed by atoms with Crippen molar-refractivity contribution in [2.24, 2.45) is 5.73 Å². The van der Waals surface area contributed by atoms with Gasteiger partial charge in [-0.3, -0.25) is 9.59 Å². The molecule has 0 bridgehead atoms. The lowest BCUT2D eigenvalue weighted by atomic mass is 10.1. The fourth-order valence-corrected chi connectivity index (χ4v) is 3.19. The highest BCUT2D eigenvalue weighted by atomic mass is 16.5. The van der Waals surface area contributed by atoms with E-state index in [1.54, 1.807) is 36.4 Å². The lowest BCUT2D eigenvalue weighted by Crippen LogP contribution is -2.30. The third-order valence-electron chi connectivity index (χ3n) is 4.88. The molecule has 3 aromatic carbocycles. The molecule has 0 radical (unpaired) electrons. The predicted octanol–water partition coefficient (Wildman–Crippen LogP) is 3.51. The van der Waals surface area contributed by atoms with Crippen LogP contribution in [0, 0.1) is 0 Å². The molecule has 0 aliphatic carbocycles. The van der Waals surface area contributed by atoms with E-state index in [9.17, 15) is 14.4 Å². The number of ether oxygens (including phenoxy) is 1. The van der Waals surface area contributed by atoms with Crippen molar-refractivity contribution in [3.63, 3.8) is 0 Å². The molecule has 0 aliphatic rings. The van der Waals surface area contributed by atoms with Gasteiger partial charge in [-0.15, -0.1) is 0 Å². The Morgan fingerprint density at radius 1 is 0.969 bits per heavy atom. The van der Waals surface area contributed by atoms with Crippen molar-refractivity contribution in [1.82, 2.24) is 9.97 Å². The normalized spacial score (nSPS) is 11.7. The van der Waals surface area contributed by atoms with Crippen LogP contribution in [0.4, 0.5) is 5.69 Å². The van der Waals surface area contributed by atoms with Crippen LogP contribution >= 0.6 is 0 Å². The number of carbonyl (C=O) groups excluding carboxylic acids is 3. The number of anilines is 1. The van der Waals surface area contributed by atoms with Crippen molar-refractivity contribution in [3.8, 4) is 11.4 Å². The van der Waals surface area contributed by atoms with Gasteiger partial charge in [-0.1, -0.05) is 30.3 Å². The molecule has 2 amide bonds. The summed E-state index contributed by atoms with van der Waals surface area (Å²) in [6.07, 6.45) is -1.05. The maximum Gasteiger partial charge on any atom is 0.339 e. The lowest BCUT2D eigenvalue weighted by molar-refractivity contribution is -0.123. The summed E-state index contributed by atoms with van der Waals surface area (Å²) >= 11 is 0. The van der Waals surface area contributed by atoms with Gasteiger partial charge in [0.05, 0.1) is 16.6 Å². The number of aromatic amines is 1. The Kier molecular flexibility index (Phi) is 5.67. The number of nitrogens with zero attached hydrogens (tertiary/aromatic N) is 1. The number of para-hydroxylation sites is 2. The van der Waals surface area contributed by atoms with Crippen LogP contribution < -0.4 is 11.1 Å². The molecule has 8 heteroatoms. The fourth-order valence-electron chi connectivity index (χ4n) is 3.19. The summed E-state index contributed by atoms with van der Waals surface area (Å²) in [6, 6.07) is 20.5. The average Bonchev–Trinajstić information content (AvgIpc) is 3.23. The molecular weight excluding hydrogens is 408 g/mol. The number of imidazole rings is 1. The van der Waals surface area contributed by atoms with Gasteiger partial charge in [-0.25, -0.2) is 9.78 Å². The van der Waals surface area contributed by atoms with Crippen LogP contribution in [0.5, 0.6) is 0 Å². The molecule has 4 aromatic rings. The molecule has 32 heavy (non-hydrogen) atoms. The number of primary amides is 1. The Labute approximate surface area is 183 Å². The van der Waals surface area contributed by atoms with Crippen LogP contribution in [0.25, 0.3) is 22.4 Å². The van der Waals surface area contributed by atoms with Crippen molar-refractivity contribution >= 4 is 34.5 Å². The van der Waals surface area contributed by atoms with Crippen molar-refractivity contribution in [2.75, 3.05) is 5.32 Å². The van der Waals surface area contributed by atoms with Crippen LogP contribution in [-0.4, -0.2) is 33.9 Å². The van der Waals surface area contributed by atoms with Crippen LogP contribution in [0.2, 0.25) is 0 Å². The Morgan fingerprint density at radius 3 is 2.38 bits per heavy atom. The first-order valence-electron chi connectivity index (χ1n) is 9.88. The monoisotopic (exact) mass is 428 g/mol. The highest BCUT2D eigenvalue weighted by Crippen LogP contribution is 2.25. The molecule has 1 aromatic heterocycles. The van der Waals surface area contributed by atoms with Gasteiger partial charge in [0.2, 0.25) is 5.91 Å². The Bertz CT molecular complexity index is 1280. The van der Waals surface area contributed by atoms with Crippen LogP contribution in [0.1, 0.15) is 27.6 Å². The number of H-pyrrole nitrogens is 1. The zero-order valence-corrected chi connectivity index (χ0v) is 17.2. The minimum absolute atomic E-state index is 0.289. The third kappa shape index (κ3) is 4.34. The predicted molar refractivity (Wildman–Crippen MR) is 120 cm³/mol. The zero-order valence-electron chi connectivity index (χ0n) is 17.2. The van der Waals surface area contributed by atoms with Crippen molar-refractivity contribution in [3.05, 3.63) is 83.9 Å². The molecule has 0 aliphatic heterocycles. The Hall–Kier alpha value is -4.46. The number of carbonyl (C=O) groups is 3. The summed E-state index contributed by atoms with van der Waals surface area (Å²) in [5.41, 5.74) is 8.47. The standard InChI is InChI=1S/C24H20N4O4/c1-14(23(30)26-16-12-10-15(11-13-16)21(25)29)32-24(31)18-7-3-2-6-17(18)22-27-19-8-4-5-9-20(19)28-22/h2-14H,1H3,(H2,25,29)(H,26,30)(H,27,28). The van der Waals surface area contributed by atoms with Gasteiger partial charge in [-0.2, -0.15) is 0 Å². The quantitative estimate of drug-likeness (QED) is 0.405. The Morgan fingerprint density at radius 2 is 1.66 bits per heavy atom. The molecule has 4 N–H and O–H groups in total. The molecule has 1 unspecified atom stereocenters. The number of nitrogens with two attached hydrogens (primary N) is 1. The van der Waals surface area contributed by atoms with Gasteiger partial charge in [-0.05, 0) is 49.4 Å². The minimum Gasteiger partial charge on any atom is -0.449 e. The number of amides is 2. The number of hydrogen-bond acceptors (Lipinski definition) is 5. The molecule has 8 nitrogen and oxygen atoms in total. The first-order valence-corrected chi connectivity index (χ1v) is 9.88. The van der Waals surface area contributed by atoms with E-state index in [0.717, 1.165) is 11.0 Å². The highest BCUT2D eigenvalue weighted by Gasteiger charge is 2.22. The number of rotatable bonds is 6. The molecule has 1 atom stereocenters. The number of aromatic nitrogens is 2. The summed E-state index contributed by atoms with van der Waals surface area (Å²) in [7, 11) is 0. The average molecular weight is 428 g/mol. The summed E-state index contributed by atoms with van der Waals surface area (Å²) < 4.78 is 5.40. The van der Waals surface area contributed by atoms with Crippen LogP contribution in [0.15, 0.2) is 72.8 Å². The second-order valence-corrected chi connectivity index (χ2v) is 7.13. The maximum absolute atomic E-state index is 12.8. The van der Waals surface area contributed by atoms with E-state index in [2.05, 4.69) is 15.3 Å². The molecule has 1 heterocycles. The first kappa shape index (κ1) is 20.8. The summed E-state index contributed by atoms with van der Waals surface area (Å²) in [5, 5.41) is 2.64. The van der Waals surface area contributed by atoms with Crippen molar-refractivity contribution in [1.29, 1.82) is 0 Å². The minimum atomic E-state index is -1.05. The van der Waals surface area contributed by atoms with Gasteiger partial charge in [0.1, 0.15) is 5.82 Å². The van der Waals surface area contributed by atoms with Gasteiger partial charge in [0, 0.05) is 16.8 Å². The van der Waals surface area contributed by atoms with E-state index in [0.29, 0.717) is 22.6 Å². The van der Waals surface area contributed by atoms with Crippen LogP contribution in [-0.2, 0) is 9.53 Å². The molecule has 0 spiro atoms. The lowest BCUT2D eigenvalue weighted by Gasteiger charge is -2.15. The molecule has 160 valence electrons. The summed E-state index contributed by atoms with van der Waals surface area (Å²) in [4.78, 5) is 44.2. The number of esters is 1. The second kappa shape index (κ2) is 8.73. The number of benzene rings is 3. The van der Waals surface area contributed by atoms with Gasteiger partial charge in [0.15, 0.2) is 6.10 Å². The molecule has 4 rings (SSSR count). The third-order valence-corrected chi connectivity index (χ3v) is 4.88. The van der Waals surface area contributed by atoms with Crippen molar-refractivity contribution in [2.45, 2.75) is 13.0 Å². The van der Waals surface area contributed by atoms with E-state index < -0.39 is 23.9 Å². The topological polar surface area (TPSA) is 127 Å². The van der Waals surface area contributed by atoms with Crippen LogP contribution in [0.3, 0.4) is 0 Å². The Balaban J connectivity index is 1.49. The van der Waals surface area contributed by atoms with E-state index in [1.807, 2.05) is 24.3 Å². The molecule has 0 saturated heterocycles. The van der Waals surface area contributed by atoms with E-state index in [4.69, 9.17) is 10.5 Å². The fraction of sp³-hybridized carbons (Fsp3) is 0.0833. The summed E-state index contributed by atoms with van der Waals surface area (Å²) in [6.45, 7) is 1.48. The summed E-state index contributed by atoms with van der Waals surface area (Å²) in [5.74, 6) is -1.18. The zero-order chi connectivity index (χ0) is 22.7. The van der Waals surface area contributed by atoms with Gasteiger partial charge in [0.25, 0.3) is 5.91 Å². The smallest absolute Gasteiger partial charge is 0.339 e. The van der Waals surface area contributed by atoms with E-state index >= 15 is 0 Å². The maximum atomic E-state index is 12.8. The van der Waals surface area contributed by atoms with Gasteiger partial charge >= 0.3 is 5.97 Å². The molecular formula is C24H20N4O4. The molecule has 0 fully saturated rings. The SMILES string of the molecule is CC(OC(=O)c1ccccc1-c1nc2ccccc2[nH]1)C(=O)Nc1ccc(C(N)=O)cc1.